The first-order valence-electron chi connectivity index (χ1n) is 9.30. The zero-order valence-electron chi connectivity index (χ0n) is 15.0. The van der Waals surface area contributed by atoms with Gasteiger partial charge in [0.2, 0.25) is 0 Å². The Kier molecular flexibility index (Phi) is 3.17. The maximum absolute atomic E-state index is 4.84. The van der Waals surface area contributed by atoms with E-state index in [-0.39, 0.29) is 0 Å². The second-order valence-electron chi connectivity index (χ2n) is 7.00. The van der Waals surface area contributed by atoms with Crippen molar-refractivity contribution in [2.24, 2.45) is 0 Å². The summed E-state index contributed by atoms with van der Waals surface area (Å²) >= 11 is 0. The predicted octanol–water partition coefficient (Wildman–Crippen LogP) is 6.15. The molecular weight excluding hydrogens is 342 g/mol. The van der Waals surface area contributed by atoms with Gasteiger partial charge in [-0.05, 0) is 53.6 Å². The lowest BCUT2D eigenvalue weighted by Gasteiger charge is -2.07. The van der Waals surface area contributed by atoms with E-state index in [1.54, 1.807) is 0 Å². The fourth-order valence-corrected chi connectivity index (χ4v) is 3.75. The highest BCUT2D eigenvalue weighted by molar-refractivity contribution is 5.95. The summed E-state index contributed by atoms with van der Waals surface area (Å²) in [6.45, 7) is 0. The van der Waals surface area contributed by atoms with Crippen LogP contribution in [0.1, 0.15) is 0 Å². The zero-order valence-corrected chi connectivity index (χ0v) is 15.0. The van der Waals surface area contributed by atoms with Crippen molar-refractivity contribution in [3.8, 4) is 11.1 Å². The number of fused-ring (bicyclic) bond motifs is 4. The second kappa shape index (κ2) is 5.83. The van der Waals surface area contributed by atoms with E-state index in [1.165, 1.54) is 0 Å². The molecule has 6 rings (SSSR count). The third-order valence-electron chi connectivity index (χ3n) is 5.19. The summed E-state index contributed by atoms with van der Waals surface area (Å²) in [5.74, 6) is 0. The normalized spacial score (nSPS) is 11.6. The molecule has 3 nitrogen and oxygen atoms in total. The smallest absolute Gasteiger partial charge is 0.0900 e. The Bertz CT molecular complexity index is 1400. The highest BCUT2D eigenvalue weighted by Crippen LogP contribution is 2.28. The minimum atomic E-state index is 0.905. The van der Waals surface area contributed by atoms with Crippen LogP contribution in [0.15, 0.2) is 91.0 Å². The largest absolute Gasteiger partial charge is 0.248 e. The van der Waals surface area contributed by atoms with Crippen LogP contribution in [0.4, 0.5) is 0 Å². The van der Waals surface area contributed by atoms with Crippen molar-refractivity contribution < 1.29 is 0 Å². The van der Waals surface area contributed by atoms with Crippen LogP contribution in [0.25, 0.3) is 55.0 Å². The maximum atomic E-state index is 4.84. The molecule has 130 valence electrons. The van der Waals surface area contributed by atoms with Gasteiger partial charge in [-0.2, -0.15) is 0 Å². The number of hydrogen-bond acceptors (Lipinski definition) is 3. The van der Waals surface area contributed by atoms with E-state index >= 15 is 0 Å². The van der Waals surface area contributed by atoms with Crippen molar-refractivity contribution in [1.29, 1.82) is 0 Å². The van der Waals surface area contributed by atoms with Crippen molar-refractivity contribution in [1.82, 2.24) is 15.0 Å². The molecule has 4 aromatic carbocycles. The molecule has 2 heterocycles. The number of rotatable bonds is 1. The standard InChI is InChI=1S/C25H15N3/c1-2-6-20-18(5-1)13-19-10-9-16(14-24(19)26-20)17-11-12-23-25(15-17)28-22-8-4-3-7-21(22)27-23/h1-15H. The van der Waals surface area contributed by atoms with Crippen LogP contribution in [0.2, 0.25) is 0 Å². The van der Waals surface area contributed by atoms with Crippen LogP contribution in [0, 0.1) is 0 Å². The van der Waals surface area contributed by atoms with Crippen molar-refractivity contribution in [3.05, 3.63) is 91.0 Å². The first kappa shape index (κ1) is 15.2. The van der Waals surface area contributed by atoms with Crippen LogP contribution in [-0.4, -0.2) is 15.0 Å². The highest BCUT2D eigenvalue weighted by Gasteiger charge is 2.06. The first-order valence-corrected chi connectivity index (χ1v) is 9.30. The molecule has 0 fully saturated rings. The van der Waals surface area contributed by atoms with E-state index in [9.17, 15) is 0 Å². The van der Waals surface area contributed by atoms with E-state index in [2.05, 4.69) is 48.5 Å². The molecule has 6 aromatic rings. The molecule has 0 bridgehead atoms. The Balaban J connectivity index is 1.53. The van der Waals surface area contributed by atoms with Crippen molar-refractivity contribution in [3.63, 3.8) is 0 Å². The molecule has 0 aliphatic rings. The van der Waals surface area contributed by atoms with Gasteiger partial charge in [0.25, 0.3) is 0 Å². The Labute approximate surface area is 161 Å². The number of aromatic nitrogens is 3. The fourth-order valence-electron chi connectivity index (χ4n) is 3.75. The van der Waals surface area contributed by atoms with Gasteiger partial charge in [0.05, 0.1) is 33.1 Å². The summed E-state index contributed by atoms with van der Waals surface area (Å²) in [6.07, 6.45) is 0. The van der Waals surface area contributed by atoms with Crippen molar-refractivity contribution in [2.45, 2.75) is 0 Å². The molecule has 3 heteroatoms. The zero-order chi connectivity index (χ0) is 18.5. The first-order chi connectivity index (χ1) is 13.8. The lowest BCUT2D eigenvalue weighted by atomic mass is 10.0. The Morgan fingerprint density at radius 3 is 1.71 bits per heavy atom. The van der Waals surface area contributed by atoms with E-state index < -0.39 is 0 Å². The number of hydrogen-bond donors (Lipinski definition) is 0. The molecule has 0 spiro atoms. The van der Waals surface area contributed by atoms with Crippen molar-refractivity contribution in [2.75, 3.05) is 0 Å². The summed E-state index contributed by atoms with van der Waals surface area (Å²) in [5, 5.41) is 2.31. The minimum Gasteiger partial charge on any atom is -0.248 e. The number of pyridine rings is 1. The minimum absolute atomic E-state index is 0.905. The number of benzene rings is 4. The van der Waals surface area contributed by atoms with Crippen LogP contribution in [0.3, 0.4) is 0 Å². The van der Waals surface area contributed by atoms with Crippen LogP contribution in [-0.2, 0) is 0 Å². The summed E-state index contributed by atoms with van der Waals surface area (Å²) in [7, 11) is 0. The fraction of sp³-hybridized carbons (Fsp3) is 0. The van der Waals surface area contributed by atoms with Crippen LogP contribution >= 0.6 is 0 Å². The molecule has 0 aliphatic carbocycles. The van der Waals surface area contributed by atoms with Crippen molar-refractivity contribution >= 4 is 43.9 Å². The average Bonchev–Trinajstić information content (AvgIpc) is 2.75. The Morgan fingerprint density at radius 1 is 0.357 bits per heavy atom. The monoisotopic (exact) mass is 357 g/mol. The van der Waals surface area contributed by atoms with Gasteiger partial charge >= 0.3 is 0 Å². The van der Waals surface area contributed by atoms with Gasteiger partial charge in [0.15, 0.2) is 0 Å². The lowest BCUT2D eigenvalue weighted by molar-refractivity contribution is 1.39. The maximum Gasteiger partial charge on any atom is 0.0900 e. The van der Waals surface area contributed by atoms with E-state index in [4.69, 9.17) is 15.0 Å². The lowest BCUT2D eigenvalue weighted by Crippen LogP contribution is -1.88. The molecule has 0 atom stereocenters. The summed E-state index contributed by atoms with van der Waals surface area (Å²) in [5.41, 5.74) is 7.92. The molecule has 0 radical (unpaired) electrons. The number of para-hydroxylation sites is 3. The van der Waals surface area contributed by atoms with Gasteiger partial charge in [0.1, 0.15) is 0 Å². The molecule has 0 saturated carbocycles. The van der Waals surface area contributed by atoms with Gasteiger partial charge in [-0.1, -0.05) is 48.5 Å². The van der Waals surface area contributed by atoms with Crippen LogP contribution < -0.4 is 0 Å². The van der Waals surface area contributed by atoms with Gasteiger partial charge in [-0.15, -0.1) is 0 Å². The summed E-state index contributed by atoms with van der Waals surface area (Å²) < 4.78 is 0. The number of nitrogens with zero attached hydrogens (tertiary/aromatic N) is 3. The van der Waals surface area contributed by atoms with E-state index in [1.807, 2.05) is 42.5 Å². The molecule has 28 heavy (non-hydrogen) atoms. The topological polar surface area (TPSA) is 38.7 Å². The van der Waals surface area contributed by atoms with Crippen LogP contribution in [0.5, 0.6) is 0 Å². The molecule has 2 aromatic heterocycles. The van der Waals surface area contributed by atoms with Gasteiger partial charge in [-0.25, -0.2) is 15.0 Å². The molecule has 0 saturated heterocycles. The van der Waals surface area contributed by atoms with E-state index in [0.29, 0.717) is 0 Å². The summed E-state index contributed by atoms with van der Waals surface area (Å²) in [4.78, 5) is 14.3. The van der Waals surface area contributed by atoms with E-state index in [0.717, 1.165) is 55.0 Å². The van der Waals surface area contributed by atoms with Gasteiger partial charge < -0.3 is 0 Å². The van der Waals surface area contributed by atoms with Gasteiger partial charge in [0, 0.05) is 10.8 Å². The van der Waals surface area contributed by atoms with Gasteiger partial charge in [-0.3, -0.25) is 0 Å². The molecule has 0 aliphatic heterocycles. The Morgan fingerprint density at radius 2 is 0.893 bits per heavy atom. The highest BCUT2D eigenvalue weighted by atomic mass is 14.8. The SMILES string of the molecule is c1ccc2nc3cc(-c4ccc5nc6ccccc6nc5c4)ccc3cc2c1. The molecule has 0 N–H and O–H groups in total. The average molecular weight is 357 g/mol. The molecular formula is C25H15N3. The Hall–Kier alpha value is -3.85. The third-order valence-corrected chi connectivity index (χ3v) is 5.19. The predicted molar refractivity (Wildman–Crippen MR) is 115 cm³/mol. The molecule has 0 unspecified atom stereocenters. The molecule has 0 amide bonds. The second-order valence-corrected chi connectivity index (χ2v) is 7.00. The quantitative estimate of drug-likeness (QED) is 0.331. The summed E-state index contributed by atoms with van der Waals surface area (Å²) in [6, 6.07) is 31.1. The third kappa shape index (κ3) is 2.41.